The zero-order valence-corrected chi connectivity index (χ0v) is 14.8. The van der Waals surface area contributed by atoms with Crippen LogP contribution in [0.25, 0.3) is 0 Å². The van der Waals surface area contributed by atoms with Crippen LogP contribution in [0, 0.1) is 12.8 Å². The Kier molecular flexibility index (Phi) is 4.79. The van der Waals surface area contributed by atoms with E-state index in [1.165, 1.54) is 0 Å². The van der Waals surface area contributed by atoms with Crippen LogP contribution in [-0.4, -0.2) is 41.0 Å². The van der Waals surface area contributed by atoms with Crippen LogP contribution < -0.4 is 5.32 Å². The predicted octanol–water partition coefficient (Wildman–Crippen LogP) is 3.49. The molecule has 0 saturated carbocycles. The first-order chi connectivity index (χ1) is 9.68. The van der Waals surface area contributed by atoms with Crippen molar-refractivity contribution in [2.75, 3.05) is 25.5 Å². The molecule has 0 bridgehead atoms. The lowest BCUT2D eigenvalue weighted by atomic mass is 9.94. The second-order valence-electron chi connectivity index (χ2n) is 7.34. The van der Waals surface area contributed by atoms with Gasteiger partial charge in [0, 0.05) is 23.6 Å². The van der Waals surface area contributed by atoms with Gasteiger partial charge in [-0.25, -0.2) is 9.97 Å². The van der Waals surface area contributed by atoms with Gasteiger partial charge >= 0.3 is 0 Å². The minimum absolute atomic E-state index is 0.105. The van der Waals surface area contributed by atoms with Crippen LogP contribution in [0.3, 0.4) is 0 Å². The molecule has 1 aliphatic heterocycles. The van der Waals surface area contributed by atoms with Gasteiger partial charge in [-0.15, -0.1) is 0 Å². The lowest BCUT2D eigenvalue weighted by Gasteiger charge is -2.36. The van der Waals surface area contributed by atoms with E-state index in [1.807, 2.05) is 6.92 Å². The Balaban J connectivity index is 2.25. The molecular formula is C16H27ClN4. The number of hydrogen-bond donors (Lipinski definition) is 1. The molecule has 21 heavy (non-hydrogen) atoms. The summed E-state index contributed by atoms with van der Waals surface area (Å²) in [6, 6.07) is 0.443. The summed E-state index contributed by atoms with van der Waals surface area (Å²) >= 11 is 6.30. The van der Waals surface area contributed by atoms with Crippen LogP contribution in [0.1, 0.15) is 45.5 Å². The van der Waals surface area contributed by atoms with E-state index in [9.17, 15) is 0 Å². The van der Waals surface area contributed by atoms with E-state index in [4.69, 9.17) is 16.6 Å². The normalized spacial score (nSPS) is 24.1. The molecule has 1 aliphatic rings. The molecule has 118 valence electrons. The van der Waals surface area contributed by atoms with Gasteiger partial charge in [0.2, 0.25) is 0 Å². The molecule has 4 nitrogen and oxygen atoms in total. The summed E-state index contributed by atoms with van der Waals surface area (Å²) in [5.74, 6) is 2.28. The van der Waals surface area contributed by atoms with Crippen molar-refractivity contribution < 1.29 is 0 Å². The molecular weight excluding hydrogens is 284 g/mol. The number of nitrogens with zero attached hydrogens (tertiary/aromatic N) is 3. The number of aromatic nitrogens is 2. The molecule has 0 aliphatic carbocycles. The summed E-state index contributed by atoms with van der Waals surface area (Å²) in [4.78, 5) is 11.5. The lowest BCUT2D eigenvalue weighted by Crippen LogP contribution is -2.43. The number of nitrogens with one attached hydrogen (secondary N) is 1. The van der Waals surface area contributed by atoms with E-state index in [2.05, 4.69) is 49.9 Å². The maximum atomic E-state index is 6.30. The number of likely N-dealkylation sites (tertiary alicyclic amines) is 1. The molecule has 2 atom stereocenters. The van der Waals surface area contributed by atoms with Crippen molar-refractivity contribution in [3.63, 3.8) is 0 Å². The van der Waals surface area contributed by atoms with Gasteiger partial charge < -0.3 is 10.2 Å². The van der Waals surface area contributed by atoms with Gasteiger partial charge in [0.25, 0.3) is 0 Å². The molecule has 0 amide bonds. The van der Waals surface area contributed by atoms with Gasteiger partial charge in [-0.3, -0.25) is 0 Å². The minimum atomic E-state index is -0.105. The van der Waals surface area contributed by atoms with Crippen molar-refractivity contribution in [1.82, 2.24) is 14.9 Å². The highest BCUT2D eigenvalue weighted by atomic mass is 35.5. The van der Waals surface area contributed by atoms with Crippen LogP contribution >= 0.6 is 11.6 Å². The van der Waals surface area contributed by atoms with Gasteiger partial charge in [0.05, 0.1) is 0 Å². The highest BCUT2D eigenvalue weighted by Gasteiger charge is 2.26. The van der Waals surface area contributed by atoms with Crippen molar-refractivity contribution in [2.24, 2.45) is 5.92 Å². The Morgan fingerprint density at radius 2 is 1.95 bits per heavy atom. The van der Waals surface area contributed by atoms with Crippen LogP contribution in [0.5, 0.6) is 0 Å². The molecule has 0 spiro atoms. The summed E-state index contributed by atoms with van der Waals surface area (Å²) in [6.45, 7) is 12.8. The number of halogens is 1. The molecule has 1 N–H and O–H groups in total. The van der Waals surface area contributed by atoms with Gasteiger partial charge in [-0.1, -0.05) is 39.3 Å². The Morgan fingerprint density at radius 3 is 2.52 bits per heavy atom. The third kappa shape index (κ3) is 3.86. The summed E-state index contributed by atoms with van der Waals surface area (Å²) in [5, 5.41) is 4.16. The Bertz CT molecular complexity index is 510. The van der Waals surface area contributed by atoms with Gasteiger partial charge in [-0.05, 0) is 32.9 Å². The quantitative estimate of drug-likeness (QED) is 0.849. The maximum Gasteiger partial charge on any atom is 0.137 e. The smallest absolute Gasteiger partial charge is 0.137 e. The number of piperidine rings is 1. The predicted molar refractivity (Wildman–Crippen MR) is 89.2 cm³/mol. The molecule has 2 unspecified atom stereocenters. The first-order valence-electron chi connectivity index (χ1n) is 7.68. The number of anilines is 1. The van der Waals surface area contributed by atoms with Crippen LogP contribution in [0.2, 0.25) is 5.15 Å². The highest BCUT2D eigenvalue weighted by Crippen LogP contribution is 2.28. The van der Waals surface area contributed by atoms with Crippen LogP contribution in [-0.2, 0) is 5.41 Å². The number of hydrogen-bond acceptors (Lipinski definition) is 4. The monoisotopic (exact) mass is 310 g/mol. The van der Waals surface area contributed by atoms with E-state index in [1.54, 1.807) is 0 Å². The van der Waals surface area contributed by atoms with Gasteiger partial charge in [0.1, 0.15) is 16.8 Å². The van der Waals surface area contributed by atoms with Gasteiger partial charge in [-0.2, -0.15) is 0 Å². The van der Waals surface area contributed by atoms with Crippen molar-refractivity contribution >= 4 is 17.4 Å². The summed E-state index contributed by atoms with van der Waals surface area (Å²) in [5.41, 5.74) is 0.836. The Labute approximate surface area is 133 Å². The molecule has 2 rings (SSSR count). The largest absolute Gasteiger partial charge is 0.367 e. The standard InChI is InChI=1S/C16H27ClN4/c1-10-9-21(6)8-7-12(10)18-14-11(2)13(17)19-15(20-14)16(3,4)5/h10,12H,7-9H2,1-6H3,(H,18,19,20). The molecule has 1 aromatic rings. The Hall–Kier alpha value is -0.870. The molecule has 1 aromatic heterocycles. The molecule has 2 heterocycles. The molecule has 1 fully saturated rings. The Morgan fingerprint density at radius 1 is 1.29 bits per heavy atom. The van der Waals surface area contributed by atoms with E-state index >= 15 is 0 Å². The van der Waals surface area contributed by atoms with Crippen molar-refractivity contribution in [3.05, 3.63) is 16.5 Å². The first-order valence-corrected chi connectivity index (χ1v) is 8.06. The average molecular weight is 311 g/mol. The summed E-state index contributed by atoms with van der Waals surface area (Å²) < 4.78 is 0. The minimum Gasteiger partial charge on any atom is -0.367 e. The van der Waals surface area contributed by atoms with E-state index < -0.39 is 0 Å². The fourth-order valence-corrected chi connectivity index (χ4v) is 2.88. The second kappa shape index (κ2) is 6.09. The van der Waals surface area contributed by atoms with Crippen LogP contribution in [0.15, 0.2) is 0 Å². The van der Waals surface area contributed by atoms with Crippen molar-refractivity contribution in [3.8, 4) is 0 Å². The van der Waals surface area contributed by atoms with E-state index in [0.717, 1.165) is 36.7 Å². The third-order valence-electron chi connectivity index (χ3n) is 4.19. The first kappa shape index (κ1) is 16.5. The molecule has 0 aromatic carbocycles. The topological polar surface area (TPSA) is 41.1 Å². The zero-order chi connectivity index (χ0) is 15.8. The number of rotatable bonds is 2. The maximum absolute atomic E-state index is 6.30. The second-order valence-corrected chi connectivity index (χ2v) is 7.70. The van der Waals surface area contributed by atoms with Crippen LogP contribution in [0.4, 0.5) is 5.82 Å². The van der Waals surface area contributed by atoms with Gasteiger partial charge in [0.15, 0.2) is 0 Å². The summed E-state index contributed by atoms with van der Waals surface area (Å²) in [7, 11) is 2.18. The van der Waals surface area contributed by atoms with Crippen molar-refractivity contribution in [2.45, 2.75) is 52.5 Å². The van der Waals surface area contributed by atoms with Crippen molar-refractivity contribution in [1.29, 1.82) is 0 Å². The zero-order valence-electron chi connectivity index (χ0n) is 14.0. The molecule has 1 saturated heterocycles. The highest BCUT2D eigenvalue weighted by molar-refractivity contribution is 6.30. The summed E-state index contributed by atoms with van der Waals surface area (Å²) in [6.07, 6.45) is 1.13. The fourth-order valence-electron chi connectivity index (χ4n) is 2.71. The third-order valence-corrected chi connectivity index (χ3v) is 4.56. The van der Waals surface area contributed by atoms with E-state index in [-0.39, 0.29) is 5.41 Å². The lowest BCUT2D eigenvalue weighted by molar-refractivity contribution is 0.206. The molecule has 0 radical (unpaired) electrons. The SMILES string of the molecule is Cc1c(Cl)nc(C(C)(C)C)nc1NC1CCN(C)CC1C. The average Bonchev–Trinajstić information content (AvgIpc) is 2.36. The molecule has 5 heteroatoms. The fraction of sp³-hybridized carbons (Fsp3) is 0.750. The van der Waals surface area contributed by atoms with E-state index in [0.29, 0.717) is 17.1 Å².